The Morgan fingerprint density at radius 2 is 1.76 bits per heavy atom. The molecule has 2 N–H and O–H groups in total. The van der Waals surface area contributed by atoms with E-state index >= 15 is 0 Å². The number of nitrogens with one attached hydrogen (secondary N) is 1. The average Bonchev–Trinajstić information content (AvgIpc) is 3.37. The van der Waals surface area contributed by atoms with Crippen molar-refractivity contribution in [1.29, 1.82) is 0 Å². The van der Waals surface area contributed by atoms with Crippen LogP contribution in [0.2, 0.25) is 5.02 Å². The number of benzene rings is 3. The monoisotopic (exact) mass is 545 g/mol. The van der Waals surface area contributed by atoms with Gasteiger partial charge in [0.2, 0.25) is 5.91 Å². The Balaban J connectivity index is 1.39. The van der Waals surface area contributed by atoms with Gasteiger partial charge in [-0.25, -0.2) is 4.79 Å². The lowest BCUT2D eigenvalue weighted by Gasteiger charge is -2.13. The number of aromatic carboxylic acids is 1. The third kappa shape index (κ3) is 5.20. The second-order valence-electron chi connectivity index (χ2n) is 8.53. The summed E-state index contributed by atoms with van der Waals surface area (Å²) in [7, 11) is 0. The average molecular weight is 546 g/mol. The van der Waals surface area contributed by atoms with Crippen molar-refractivity contribution in [2.24, 2.45) is 0 Å². The maximum atomic E-state index is 13.1. The largest absolute Gasteiger partial charge is 0.478 e. The molecule has 0 bridgehead atoms. The first-order valence-corrected chi connectivity index (χ1v) is 12.7. The van der Waals surface area contributed by atoms with Crippen molar-refractivity contribution in [3.05, 3.63) is 106 Å². The number of carboxylic acid groups (broad SMARTS) is 1. The molecular formula is C28H20ClN3O5S. The third-order valence-electron chi connectivity index (χ3n) is 5.96. The summed E-state index contributed by atoms with van der Waals surface area (Å²) >= 11 is 6.85. The molecule has 0 aliphatic carbocycles. The van der Waals surface area contributed by atoms with Crippen LogP contribution >= 0.6 is 23.4 Å². The van der Waals surface area contributed by atoms with Gasteiger partial charge < -0.3 is 15.0 Å². The molecule has 3 aromatic carbocycles. The minimum Gasteiger partial charge on any atom is -0.478 e. The number of imide groups is 1. The Kier molecular flexibility index (Phi) is 7.04. The summed E-state index contributed by atoms with van der Waals surface area (Å²) in [6.45, 7) is -0.0198. The molecule has 1 aliphatic rings. The number of halogens is 1. The normalized spacial score (nSPS) is 14.4. The van der Waals surface area contributed by atoms with Crippen LogP contribution in [-0.4, -0.2) is 44.1 Å². The summed E-state index contributed by atoms with van der Waals surface area (Å²) in [6.07, 6.45) is 3.50. The van der Waals surface area contributed by atoms with Crippen LogP contribution in [0.15, 0.2) is 83.9 Å². The van der Waals surface area contributed by atoms with Gasteiger partial charge in [-0.15, -0.1) is 0 Å². The van der Waals surface area contributed by atoms with Crippen LogP contribution in [0.1, 0.15) is 21.5 Å². The molecule has 1 saturated heterocycles. The number of aromatic nitrogens is 1. The van der Waals surface area contributed by atoms with Gasteiger partial charge in [-0.1, -0.05) is 54.1 Å². The Morgan fingerprint density at radius 3 is 2.55 bits per heavy atom. The summed E-state index contributed by atoms with van der Waals surface area (Å²) in [5.41, 5.74) is 3.01. The van der Waals surface area contributed by atoms with Gasteiger partial charge in [0.1, 0.15) is 6.54 Å². The van der Waals surface area contributed by atoms with Gasteiger partial charge >= 0.3 is 5.97 Å². The van der Waals surface area contributed by atoms with E-state index < -0.39 is 29.6 Å². The molecule has 3 amide bonds. The van der Waals surface area contributed by atoms with Crippen molar-refractivity contribution in [1.82, 2.24) is 9.47 Å². The van der Waals surface area contributed by atoms with E-state index in [2.05, 4.69) is 5.32 Å². The Labute approximate surface area is 226 Å². The summed E-state index contributed by atoms with van der Waals surface area (Å²) in [4.78, 5) is 50.6. The molecular weight excluding hydrogens is 526 g/mol. The fourth-order valence-corrected chi connectivity index (χ4v) is 5.21. The summed E-state index contributed by atoms with van der Waals surface area (Å²) < 4.78 is 1.96. The van der Waals surface area contributed by atoms with Gasteiger partial charge in [-0.3, -0.25) is 19.3 Å². The molecule has 1 aromatic heterocycles. The number of carbonyl (C=O) groups excluding carboxylic acids is 3. The lowest BCUT2D eigenvalue weighted by molar-refractivity contribution is -0.127. The molecule has 8 nitrogen and oxygen atoms in total. The standard InChI is InChI=1S/C28H20ClN3O5S/c29-21-9-2-3-10-22(21)30-25(33)16-32-26(34)24(38-28(32)37)13-19-15-31(23-11-4-1-8-20(19)23)14-17-6-5-7-18(12-17)27(35)36/h1-13,15H,14,16H2,(H,30,33)(H,35,36)/b24-13+. The second-order valence-corrected chi connectivity index (χ2v) is 9.93. The first-order valence-electron chi connectivity index (χ1n) is 11.5. The van der Waals surface area contributed by atoms with Crippen molar-refractivity contribution in [2.45, 2.75) is 6.54 Å². The number of nitrogens with zero attached hydrogens (tertiary/aromatic N) is 2. The second kappa shape index (κ2) is 10.6. The Hall–Kier alpha value is -4.34. The predicted molar refractivity (Wildman–Crippen MR) is 147 cm³/mol. The molecule has 2 heterocycles. The first-order chi connectivity index (χ1) is 18.3. The minimum absolute atomic E-state index is 0.200. The minimum atomic E-state index is -0.999. The number of hydrogen-bond acceptors (Lipinski definition) is 5. The molecule has 0 atom stereocenters. The molecule has 1 fully saturated rings. The van der Waals surface area contributed by atoms with Gasteiger partial charge in [-0.05, 0) is 53.7 Å². The van der Waals surface area contributed by atoms with E-state index in [-0.39, 0.29) is 10.5 Å². The molecule has 4 aromatic rings. The number of hydrogen-bond donors (Lipinski definition) is 2. The van der Waals surface area contributed by atoms with E-state index in [0.29, 0.717) is 17.3 Å². The maximum Gasteiger partial charge on any atom is 0.335 e. The van der Waals surface area contributed by atoms with E-state index in [0.717, 1.165) is 38.7 Å². The van der Waals surface area contributed by atoms with E-state index in [1.807, 2.05) is 41.1 Å². The number of para-hydroxylation sites is 2. The highest BCUT2D eigenvalue weighted by Crippen LogP contribution is 2.34. The fourth-order valence-electron chi connectivity index (χ4n) is 4.19. The predicted octanol–water partition coefficient (Wildman–Crippen LogP) is 5.72. The maximum absolute atomic E-state index is 13.1. The van der Waals surface area contributed by atoms with Gasteiger partial charge in [0.05, 0.1) is 21.2 Å². The van der Waals surface area contributed by atoms with Crippen molar-refractivity contribution in [3.63, 3.8) is 0 Å². The van der Waals surface area contributed by atoms with Crippen molar-refractivity contribution in [2.75, 3.05) is 11.9 Å². The number of thioether (sulfide) groups is 1. The summed E-state index contributed by atoms with van der Waals surface area (Å²) in [5, 5.41) is 12.6. The Morgan fingerprint density at radius 1 is 1.00 bits per heavy atom. The van der Waals surface area contributed by atoms with Crippen molar-refractivity contribution < 1.29 is 24.3 Å². The molecule has 0 unspecified atom stereocenters. The van der Waals surface area contributed by atoms with E-state index in [4.69, 9.17) is 11.6 Å². The van der Waals surface area contributed by atoms with Crippen LogP contribution in [-0.2, 0) is 16.1 Å². The number of amides is 3. The molecule has 0 radical (unpaired) electrons. The SMILES string of the molecule is O=C(CN1C(=O)S/C(=C/c2cn(Cc3cccc(C(=O)O)c3)c3ccccc23)C1=O)Nc1ccccc1Cl. The van der Waals surface area contributed by atoms with Crippen LogP contribution in [0.25, 0.3) is 17.0 Å². The third-order valence-corrected chi connectivity index (χ3v) is 7.19. The highest BCUT2D eigenvalue weighted by Gasteiger charge is 2.36. The molecule has 10 heteroatoms. The zero-order valence-corrected chi connectivity index (χ0v) is 21.3. The number of fused-ring (bicyclic) bond motifs is 1. The van der Waals surface area contributed by atoms with Gasteiger partial charge in [0.15, 0.2) is 0 Å². The summed E-state index contributed by atoms with van der Waals surface area (Å²) in [5.74, 6) is -2.09. The number of carbonyl (C=O) groups is 4. The zero-order valence-electron chi connectivity index (χ0n) is 19.8. The van der Waals surface area contributed by atoms with Crippen LogP contribution < -0.4 is 5.32 Å². The molecule has 0 spiro atoms. The fraction of sp³-hybridized carbons (Fsp3) is 0.0714. The number of carboxylic acids is 1. The van der Waals surface area contributed by atoms with Crippen molar-refractivity contribution in [3.8, 4) is 0 Å². The first kappa shape index (κ1) is 25.3. The van der Waals surface area contributed by atoms with Crippen molar-refractivity contribution >= 4 is 69.1 Å². The smallest absolute Gasteiger partial charge is 0.335 e. The van der Waals surface area contributed by atoms with E-state index in [1.54, 1.807) is 42.5 Å². The molecule has 1 aliphatic heterocycles. The molecule has 0 saturated carbocycles. The summed E-state index contributed by atoms with van der Waals surface area (Å²) in [6, 6.07) is 21.0. The van der Waals surface area contributed by atoms with Gasteiger partial charge in [0, 0.05) is 29.2 Å². The van der Waals surface area contributed by atoms with Crippen LogP contribution in [0.3, 0.4) is 0 Å². The van der Waals surface area contributed by atoms with Crippen LogP contribution in [0.5, 0.6) is 0 Å². The van der Waals surface area contributed by atoms with Gasteiger partial charge in [0.25, 0.3) is 11.1 Å². The molecule has 5 rings (SSSR count). The quantitative estimate of drug-likeness (QED) is 0.288. The topological polar surface area (TPSA) is 109 Å². The lowest BCUT2D eigenvalue weighted by atomic mass is 10.1. The van der Waals surface area contributed by atoms with Crippen LogP contribution in [0.4, 0.5) is 10.5 Å². The number of rotatable bonds is 7. The van der Waals surface area contributed by atoms with Gasteiger partial charge in [-0.2, -0.15) is 0 Å². The highest BCUT2D eigenvalue weighted by atomic mass is 35.5. The lowest BCUT2D eigenvalue weighted by Crippen LogP contribution is -2.36. The van der Waals surface area contributed by atoms with E-state index in [9.17, 15) is 24.3 Å². The Bertz CT molecular complexity index is 1640. The zero-order chi connectivity index (χ0) is 26.8. The highest BCUT2D eigenvalue weighted by molar-refractivity contribution is 8.18. The molecule has 190 valence electrons. The van der Waals surface area contributed by atoms with E-state index in [1.165, 1.54) is 6.07 Å². The van der Waals surface area contributed by atoms with Crippen LogP contribution in [0, 0.1) is 0 Å². The number of anilines is 1. The molecule has 38 heavy (non-hydrogen) atoms.